The molecule has 17 heavy (non-hydrogen) atoms. The van der Waals surface area contributed by atoms with Gasteiger partial charge in [-0.05, 0) is 18.7 Å². The Morgan fingerprint density at radius 1 is 1.18 bits per heavy atom. The monoisotopic (exact) mass is 241 g/mol. The van der Waals surface area contributed by atoms with Crippen molar-refractivity contribution in [3.05, 3.63) is 35.8 Å². The minimum absolute atomic E-state index is 0.290. The Morgan fingerprint density at radius 2 is 1.94 bits per heavy atom. The first-order valence-corrected chi connectivity index (χ1v) is 5.03. The molecule has 2 N–H and O–H groups in total. The van der Waals surface area contributed by atoms with Crippen molar-refractivity contribution in [1.29, 1.82) is 0 Å². The molecule has 0 atom stereocenters. The molecule has 0 aliphatic carbocycles. The zero-order chi connectivity index (χ0) is 12.5. The quantitative estimate of drug-likeness (QED) is 0.876. The van der Waals surface area contributed by atoms with Crippen LogP contribution in [0.25, 0.3) is 10.9 Å². The molecule has 1 aromatic carbocycles. The van der Waals surface area contributed by atoms with E-state index in [-0.39, 0.29) is 0 Å². The summed E-state index contributed by atoms with van der Waals surface area (Å²) in [6.07, 6.45) is -2.58. The highest BCUT2D eigenvalue weighted by molar-refractivity contribution is 5.81. The summed E-state index contributed by atoms with van der Waals surface area (Å²) in [5, 5.41) is 0.617. The Balaban J connectivity index is 2.57. The van der Waals surface area contributed by atoms with Crippen LogP contribution in [-0.4, -0.2) is 16.5 Å². The first-order valence-electron chi connectivity index (χ1n) is 5.03. The van der Waals surface area contributed by atoms with E-state index in [0.717, 1.165) is 12.1 Å². The van der Waals surface area contributed by atoms with Crippen molar-refractivity contribution in [2.75, 3.05) is 6.54 Å². The Kier molecular flexibility index (Phi) is 2.97. The zero-order valence-corrected chi connectivity index (χ0v) is 8.83. The maximum absolute atomic E-state index is 12.5. The van der Waals surface area contributed by atoms with Gasteiger partial charge in [-0.1, -0.05) is 6.07 Å². The second-order valence-electron chi connectivity index (χ2n) is 3.59. The number of alkyl halides is 3. The van der Waals surface area contributed by atoms with Crippen LogP contribution in [0.1, 0.15) is 11.3 Å². The Hall–Kier alpha value is -1.69. The van der Waals surface area contributed by atoms with Crippen molar-refractivity contribution in [3.63, 3.8) is 0 Å². The molecule has 0 saturated heterocycles. The highest BCUT2D eigenvalue weighted by atomic mass is 19.4. The molecule has 0 unspecified atom stereocenters. The van der Waals surface area contributed by atoms with Gasteiger partial charge in [0, 0.05) is 11.8 Å². The normalized spacial score (nSPS) is 12.0. The summed E-state index contributed by atoms with van der Waals surface area (Å²) in [4.78, 5) is 7.86. The third kappa shape index (κ3) is 2.36. The Morgan fingerprint density at radius 3 is 2.59 bits per heavy atom. The number of aromatic nitrogens is 2. The molecule has 0 saturated carbocycles. The van der Waals surface area contributed by atoms with Crippen LogP contribution >= 0.6 is 0 Å². The highest BCUT2D eigenvalue weighted by Gasteiger charge is 2.30. The SMILES string of the molecule is NCCc1ncnc2cc(C(F)(F)F)ccc12. The van der Waals surface area contributed by atoms with Gasteiger partial charge in [-0.25, -0.2) is 9.97 Å². The molecule has 0 aliphatic heterocycles. The van der Waals surface area contributed by atoms with Crippen molar-refractivity contribution in [2.24, 2.45) is 5.73 Å². The van der Waals surface area contributed by atoms with Gasteiger partial charge in [-0.3, -0.25) is 0 Å². The summed E-state index contributed by atoms with van der Waals surface area (Å²) >= 11 is 0. The fourth-order valence-corrected chi connectivity index (χ4v) is 1.63. The molecule has 0 fully saturated rings. The van der Waals surface area contributed by atoms with E-state index in [2.05, 4.69) is 9.97 Å². The molecule has 0 spiro atoms. The number of hydrogen-bond donors (Lipinski definition) is 1. The lowest BCUT2D eigenvalue weighted by molar-refractivity contribution is -0.137. The number of hydrogen-bond acceptors (Lipinski definition) is 3. The Bertz CT molecular complexity index is 537. The van der Waals surface area contributed by atoms with Crippen LogP contribution in [-0.2, 0) is 12.6 Å². The predicted octanol–water partition coefficient (Wildman–Crippen LogP) is 2.15. The zero-order valence-electron chi connectivity index (χ0n) is 8.83. The van der Waals surface area contributed by atoms with Crippen LogP contribution in [0.5, 0.6) is 0 Å². The molecule has 1 aromatic heterocycles. The molecule has 0 bridgehead atoms. The van der Waals surface area contributed by atoms with Crippen LogP contribution in [0, 0.1) is 0 Å². The lowest BCUT2D eigenvalue weighted by atomic mass is 10.1. The van der Waals surface area contributed by atoms with E-state index < -0.39 is 11.7 Å². The summed E-state index contributed by atoms with van der Waals surface area (Å²) in [6, 6.07) is 3.45. The summed E-state index contributed by atoms with van der Waals surface area (Å²) in [7, 11) is 0. The van der Waals surface area contributed by atoms with Crippen molar-refractivity contribution < 1.29 is 13.2 Å². The predicted molar refractivity (Wildman–Crippen MR) is 57.3 cm³/mol. The van der Waals surface area contributed by atoms with E-state index in [0.29, 0.717) is 29.6 Å². The first kappa shape index (κ1) is 11.8. The van der Waals surface area contributed by atoms with Gasteiger partial charge in [0.1, 0.15) is 6.33 Å². The topological polar surface area (TPSA) is 51.8 Å². The summed E-state index contributed by atoms with van der Waals surface area (Å²) in [5.41, 5.74) is 5.67. The third-order valence-electron chi connectivity index (χ3n) is 2.43. The van der Waals surface area contributed by atoms with E-state index in [1.54, 1.807) is 0 Å². The molecule has 90 valence electrons. The van der Waals surface area contributed by atoms with Gasteiger partial charge in [0.05, 0.1) is 16.8 Å². The fourth-order valence-electron chi connectivity index (χ4n) is 1.63. The number of benzene rings is 1. The average molecular weight is 241 g/mol. The van der Waals surface area contributed by atoms with Gasteiger partial charge in [-0.2, -0.15) is 13.2 Å². The summed E-state index contributed by atoms with van der Waals surface area (Å²) < 4.78 is 37.5. The minimum Gasteiger partial charge on any atom is -0.330 e. The van der Waals surface area contributed by atoms with E-state index in [4.69, 9.17) is 5.73 Å². The second-order valence-corrected chi connectivity index (χ2v) is 3.59. The lowest BCUT2D eigenvalue weighted by Gasteiger charge is -2.08. The molecule has 3 nitrogen and oxygen atoms in total. The number of rotatable bonds is 2. The van der Waals surface area contributed by atoms with Gasteiger partial charge >= 0.3 is 6.18 Å². The standard InChI is InChI=1S/C11H10F3N3/c12-11(13,14)7-1-2-8-9(3-4-15)16-6-17-10(8)5-7/h1-2,5-6H,3-4,15H2. The number of halogens is 3. The Labute approximate surface area is 95.5 Å². The molecule has 0 aliphatic rings. The smallest absolute Gasteiger partial charge is 0.330 e. The van der Waals surface area contributed by atoms with Crippen LogP contribution in [0.3, 0.4) is 0 Å². The molecule has 2 rings (SSSR count). The second kappa shape index (κ2) is 4.29. The van der Waals surface area contributed by atoms with Gasteiger partial charge in [-0.15, -0.1) is 0 Å². The van der Waals surface area contributed by atoms with Gasteiger partial charge in [0.15, 0.2) is 0 Å². The molecule has 2 aromatic rings. The van der Waals surface area contributed by atoms with E-state index >= 15 is 0 Å². The van der Waals surface area contributed by atoms with Crippen LogP contribution in [0.4, 0.5) is 13.2 Å². The number of nitrogens with zero attached hydrogens (tertiary/aromatic N) is 2. The van der Waals surface area contributed by atoms with Crippen LogP contribution < -0.4 is 5.73 Å². The summed E-state index contributed by atoms with van der Waals surface area (Å²) in [6.45, 7) is 0.396. The van der Waals surface area contributed by atoms with E-state index in [1.807, 2.05) is 0 Å². The molecular weight excluding hydrogens is 231 g/mol. The molecule has 1 heterocycles. The maximum atomic E-state index is 12.5. The van der Waals surface area contributed by atoms with Gasteiger partial charge in [0.2, 0.25) is 0 Å². The van der Waals surface area contributed by atoms with Crippen LogP contribution in [0.15, 0.2) is 24.5 Å². The maximum Gasteiger partial charge on any atom is 0.416 e. The van der Waals surface area contributed by atoms with Crippen molar-refractivity contribution in [1.82, 2.24) is 9.97 Å². The van der Waals surface area contributed by atoms with Crippen molar-refractivity contribution >= 4 is 10.9 Å². The number of fused-ring (bicyclic) bond motifs is 1. The van der Waals surface area contributed by atoms with E-state index in [9.17, 15) is 13.2 Å². The van der Waals surface area contributed by atoms with Crippen LogP contribution in [0.2, 0.25) is 0 Å². The largest absolute Gasteiger partial charge is 0.416 e. The molecular formula is C11H10F3N3. The lowest BCUT2D eigenvalue weighted by Crippen LogP contribution is -2.07. The fraction of sp³-hybridized carbons (Fsp3) is 0.273. The first-order chi connectivity index (χ1) is 8.02. The minimum atomic E-state index is -4.35. The highest BCUT2D eigenvalue weighted by Crippen LogP contribution is 2.31. The van der Waals surface area contributed by atoms with Gasteiger partial charge < -0.3 is 5.73 Å². The molecule has 0 amide bonds. The summed E-state index contributed by atoms with van der Waals surface area (Å²) in [5.74, 6) is 0. The van der Waals surface area contributed by atoms with Crippen molar-refractivity contribution in [3.8, 4) is 0 Å². The van der Waals surface area contributed by atoms with Gasteiger partial charge in [0.25, 0.3) is 0 Å². The molecule has 6 heteroatoms. The molecule has 0 radical (unpaired) electrons. The number of nitrogens with two attached hydrogens (primary N) is 1. The van der Waals surface area contributed by atoms with Crippen molar-refractivity contribution in [2.45, 2.75) is 12.6 Å². The average Bonchev–Trinajstić information content (AvgIpc) is 2.28. The third-order valence-corrected chi connectivity index (χ3v) is 2.43. The van der Waals surface area contributed by atoms with E-state index in [1.165, 1.54) is 12.4 Å².